The fourth-order valence-electron chi connectivity index (χ4n) is 12.5. The number of anilines is 6. The van der Waals surface area contributed by atoms with Gasteiger partial charge in [-0.1, -0.05) is 135 Å². The van der Waals surface area contributed by atoms with Gasteiger partial charge in [0, 0.05) is 34.1 Å². The second-order valence-corrected chi connectivity index (χ2v) is 18.7. The van der Waals surface area contributed by atoms with Crippen LogP contribution in [0.5, 0.6) is 0 Å². The van der Waals surface area contributed by atoms with Crippen molar-refractivity contribution in [2.75, 3.05) is 9.80 Å². The highest BCUT2D eigenvalue weighted by atomic mass is 15.2. The first-order chi connectivity index (χ1) is 28.6. The summed E-state index contributed by atoms with van der Waals surface area (Å²) >= 11 is 0. The molecule has 13 rings (SSSR count). The van der Waals surface area contributed by atoms with E-state index < -0.39 is 0 Å². The fraction of sp³-hybridized carbons (Fsp3) is 0.148. The van der Waals surface area contributed by atoms with Crippen molar-refractivity contribution in [2.24, 2.45) is 0 Å². The Morgan fingerprint density at radius 2 is 0.763 bits per heavy atom. The molecule has 0 aromatic heterocycles. The van der Waals surface area contributed by atoms with Crippen molar-refractivity contribution in [3.63, 3.8) is 0 Å². The summed E-state index contributed by atoms with van der Waals surface area (Å²) in [6.45, 7) is 18.5. The summed E-state index contributed by atoms with van der Waals surface area (Å²) in [4.78, 5) is 5.38. The molecule has 6 aliphatic heterocycles. The van der Waals surface area contributed by atoms with Crippen LogP contribution in [0.4, 0.5) is 34.1 Å². The summed E-state index contributed by atoms with van der Waals surface area (Å²) in [6.07, 6.45) is 0. The standard InChI is InChI=1S/C54H43B3N2/c1-28(2)48-34-11-9-13-46-50(34)55(38-19-15-30(5)23-36(38)48)42-27-43-54-52-53(42)58(46)44-21-17-32(7)25-40(44)57(52)41-26-33(8)18-22-45(41)59(54)47-14-10-12-35-49(29(3)4)37-24-31(6)16-20-39(37)56(43)51(35)47/h9-27H,1-8H3. The van der Waals surface area contributed by atoms with E-state index in [9.17, 15) is 0 Å². The van der Waals surface area contributed by atoms with Crippen LogP contribution in [0.15, 0.2) is 126 Å². The lowest BCUT2D eigenvalue weighted by Gasteiger charge is -2.52. The van der Waals surface area contributed by atoms with E-state index in [0.29, 0.717) is 0 Å². The van der Waals surface area contributed by atoms with Gasteiger partial charge in [-0.3, -0.25) is 0 Å². The molecule has 6 aliphatic rings. The van der Waals surface area contributed by atoms with Gasteiger partial charge in [0.1, 0.15) is 0 Å². The molecule has 0 fully saturated rings. The molecule has 0 aliphatic carbocycles. The van der Waals surface area contributed by atoms with Crippen LogP contribution in [0.1, 0.15) is 72.2 Å². The summed E-state index contributed by atoms with van der Waals surface area (Å²) < 4.78 is 0. The van der Waals surface area contributed by atoms with Crippen molar-refractivity contribution >= 4 is 115 Å². The van der Waals surface area contributed by atoms with Gasteiger partial charge in [0.25, 0.3) is 6.71 Å². The first-order valence-corrected chi connectivity index (χ1v) is 21.5. The lowest BCUT2D eigenvalue weighted by molar-refractivity contribution is 1.25. The topological polar surface area (TPSA) is 6.48 Å². The van der Waals surface area contributed by atoms with Crippen molar-refractivity contribution in [2.45, 2.75) is 55.4 Å². The molecule has 7 aromatic rings. The normalized spacial score (nSPS) is 14.9. The zero-order chi connectivity index (χ0) is 39.9. The maximum atomic E-state index is 2.70. The first-order valence-electron chi connectivity index (χ1n) is 21.5. The molecular weight excluding hydrogens is 709 g/mol. The molecule has 7 aromatic carbocycles. The third-order valence-corrected chi connectivity index (χ3v) is 14.5. The first kappa shape index (κ1) is 33.8. The largest absolute Gasteiger partial charge is 0.312 e. The number of hydrogen-bond donors (Lipinski definition) is 0. The zero-order valence-electron chi connectivity index (χ0n) is 35.1. The molecule has 0 spiro atoms. The SMILES string of the molecule is CC(C)=C1c2cc(C)ccc2B2c3cc4c5c6c3N(c3ccc(C)cc3B6c3cc(C)ccc3N5c3cccc5c3B4c3ccc(C)cc3C5=C(C)C)c3cccc1c32. The van der Waals surface area contributed by atoms with Gasteiger partial charge in [-0.25, -0.2) is 0 Å². The van der Waals surface area contributed by atoms with Crippen molar-refractivity contribution in [3.8, 4) is 0 Å². The van der Waals surface area contributed by atoms with Crippen molar-refractivity contribution in [1.29, 1.82) is 0 Å². The number of nitrogens with zero attached hydrogens (tertiary/aromatic N) is 2. The van der Waals surface area contributed by atoms with Gasteiger partial charge in [-0.2, -0.15) is 0 Å². The smallest absolute Gasteiger partial charge is 0.252 e. The lowest BCUT2D eigenvalue weighted by Crippen LogP contribution is -2.72. The number of allylic oxidation sites excluding steroid dienone is 2. The summed E-state index contributed by atoms with van der Waals surface area (Å²) in [5, 5.41) is 0. The summed E-state index contributed by atoms with van der Waals surface area (Å²) in [5.41, 5.74) is 37.1. The predicted octanol–water partition coefficient (Wildman–Crippen LogP) is 6.97. The maximum Gasteiger partial charge on any atom is 0.252 e. The average Bonchev–Trinajstić information content (AvgIpc) is 3.21. The summed E-state index contributed by atoms with van der Waals surface area (Å²) in [6, 6.07) is 46.0. The second-order valence-electron chi connectivity index (χ2n) is 18.7. The molecule has 0 saturated carbocycles. The molecule has 6 heterocycles. The molecule has 0 N–H and O–H groups in total. The molecule has 0 atom stereocenters. The van der Waals surface area contributed by atoms with E-state index in [1.807, 2.05) is 0 Å². The molecular formula is C54H43B3N2. The van der Waals surface area contributed by atoms with Crippen molar-refractivity contribution in [3.05, 3.63) is 171 Å². The Hall–Kier alpha value is -6.19. The van der Waals surface area contributed by atoms with Gasteiger partial charge in [-0.05, 0) is 151 Å². The summed E-state index contributed by atoms with van der Waals surface area (Å²) in [5.74, 6) is 0. The van der Waals surface area contributed by atoms with Crippen LogP contribution in [0, 0.1) is 27.7 Å². The third-order valence-electron chi connectivity index (χ3n) is 14.5. The fourth-order valence-corrected chi connectivity index (χ4v) is 12.5. The monoisotopic (exact) mass is 752 g/mol. The minimum Gasteiger partial charge on any atom is -0.312 e. The van der Waals surface area contributed by atoms with E-state index in [1.54, 1.807) is 0 Å². The minimum atomic E-state index is 0.0920. The van der Waals surface area contributed by atoms with E-state index in [4.69, 9.17) is 0 Å². The molecule has 0 unspecified atom stereocenters. The third kappa shape index (κ3) is 4.07. The highest BCUT2D eigenvalue weighted by molar-refractivity contribution is 7.07. The minimum absolute atomic E-state index is 0.0920. The molecule has 0 saturated heterocycles. The van der Waals surface area contributed by atoms with E-state index >= 15 is 0 Å². The van der Waals surface area contributed by atoms with Gasteiger partial charge >= 0.3 is 0 Å². The molecule has 2 nitrogen and oxygen atoms in total. The Morgan fingerprint density at radius 3 is 1.20 bits per heavy atom. The molecule has 0 radical (unpaired) electrons. The van der Waals surface area contributed by atoms with Crippen LogP contribution in [-0.2, 0) is 0 Å². The highest BCUT2D eigenvalue weighted by Gasteiger charge is 2.54. The van der Waals surface area contributed by atoms with E-state index in [2.05, 4.69) is 180 Å². The van der Waals surface area contributed by atoms with Gasteiger partial charge in [0.2, 0.25) is 13.4 Å². The lowest BCUT2D eigenvalue weighted by atomic mass is 9.25. The van der Waals surface area contributed by atoms with Gasteiger partial charge in [-0.15, -0.1) is 0 Å². The predicted molar refractivity (Wildman–Crippen MR) is 256 cm³/mol. The quantitative estimate of drug-likeness (QED) is 0.155. The van der Waals surface area contributed by atoms with Crippen LogP contribution in [-0.4, -0.2) is 20.1 Å². The van der Waals surface area contributed by atoms with Crippen LogP contribution in [0.2, 0.25) is 0 Å². The Labute approximate surface area is 349 Å². The molecule has 59 heavy (non-hydrogen) atoms. The number of aryl methyl sites for hydroxylation is 4. The number of rotatable bonds is 0. The number of fused-ring (bicyclic) bond motifs is 14. The van der Waals surface area contributed by atoms with E-state index in [1.165, 1.54) is 150 Å². The van der Waals surface area contributed by atoms with Crippen LogP contribution in [0.3, 0.4) is 0 Å². The molecule has 0 bridgehead atoms. The zero-order valence-corrected chi connectivity index (χ0v) is 35.1. The Morgan fingerprint density at radius 1 is 0.356 bits per heavy atom. The van der Waals surface area contributed by atoms with Crippen molar-refractivity contribution in [1.82, 2.24) is 0 Å². The van der Waals surface area contributed by atoms with E-state index in [-0.39, 0.29) is 20.1 Å². The summed E-state index contributed by atoms with van der Waals surface area (Å²) in [7, 11) is 0. The average molecular weight is 752 g/mol. The second kappa shape index (κ2) is 11.3. The Bertz CT molecular complexity index is 3020. The maximum absolute atomic E-state index is 2.70. The van der Waals surface area contributed by atoms with Crippen LogP contribution in [0.25, 0.3) is 11.1 Å². The van der Waals surface area contributed by atoms with Gasteiger partial charge in [0.05, 0.1) is 0 Å². The van der Waals surface area contributed by atoms with Gasteiger partial charge in [0.15, 0.2) is 0 Å². The van der Waals surface area contributed by atoms with E-state index in [0.717, 1.165) is 0 Å². The highest BCUT2D eigenvalue weighted by Crippen LogP contribution is 2.48. The van der Waals surface area contributed by atoms with Crippen LogP contribution >= 0.6 is 0 Å². The van der Waals surface area contributed by atoms with Crippen LogP contribution < -0.4 is 59.0 Å². The number of benzene rings is 7. The molecule has 0 amide bonds. The molecule has 5 heteroatoms. The van der Waals surface area contributed by atoms with Crippen molar-refractivity contribution < 1.29 is 0 Å². The Balaban J connectivity index is 1.25. The number of hydrogen-bond acceptors (Lipinski definition) is 2. The Kier molecular flexibility index (Phi) is 6.46. The van der Waals surface area contributed by atoms with Gasteiger partial charge < -0.3 is 9.80 Å². The molecule has 278 valence electrons.